The summed E-state index contributed by atoms with van der Waals surface area (Å²) in [5.41, 5.74) is 1.34. The van der Waals surface area contributed by atoms with E-state index in [1.165, 1.54) is 6.92 Å². The van der Waals surface area contributed by atoms with E-state index in [-0.39, 0.29) is 18.0 Å². The van der Waals surface area contributed by atoms with Gasteiger partial charge in [-0.15, -0.1) is 0 Å². The molecule has 0 aromatic carbocycles. The van der Waals surface area contributed by atoms with Crippen molar-refractivity contribution < 1.29 is 9.59 Å². The maximum absolute atomic E-state index is 11.6. The second kappa shape index (κ2) is 4.17. The Morgan fingerprint density at radius 2 is 2.14 bits per heavy atom. The molecule has 4 heteroatoms. The molecule has 0 radical (unpaired) electrons. The van der Waals surface area contributed by atoms with Crippen molar-refractivity contribution >= 4 is 11.6 Å². The minimum absolute atomic E-state index is 0.0291. The number of aryl methyl sites for hydroxylation is 2. The van der Waals surface area contributed by atoms with E-state index in [0.717, 1.165) is 5.69 Å². The van der Waals surface area contributed by atoms with Gasteiger partial charge in [0.25, 0.3) is 0 Å². The van der Waals surface area contributed by atoms with Crippen LogP contribution in [-0.4, -0.2) is 21.3 Å². The molecule has 0 aliphatic heterocycles. The lowest BCUT2D eigenvalue weighted by Crippen LogP contribution is -2.06. The molecule has 0 aliphatic rings. The molecule has 0 fully saturated rings. The van der Waals surface area contributed by atoms with Crippen LogP contribution < -0.4 is 0 Å². The predicted octanol–water partition coefficient (Wildman–Crippen LogP) is 1.14. The summed E-state index contributed by atoms with van der Waals surface area (Å²) in [5.74, 6) is -0.247. The van der Waals surface area contributed by atoms with Gasteiger partial charge in [-0.2, -0.15) is 5.10 Å². The Labute approximate surface area is 82.9 Å². The summed E-state index contributed by atoms with van der Waals surface area (Å²) >= 11 is 0. The zero-order valence-electron chi connectivity index (χ0n) is 8.70. The first-order valence-electron chi connectivity index (χ1n) is 4.59. The zero-order valence-corrected chi connectivity index (χ0v) is 8.70. The average molecular weight is 194 g/mol. The molecule has 0 saturated carbocycles. The van der Waals surface area contributed by atoms with Gasteiger partial charge in [0.15, 0.2) is 5.78 Å². The average Bonchev–Trinajstić information content (AvgIpc) is 2.45. The van der Waals surface area contributed by atoms with Crippen molar-refractivity contribution in [1.29, 1.82) is 0 Å². The SMILES string of the molecule is CCc1nn(C)cc1C(=O)CC(C)=O. The van der Waals surface area contributed by atoms with Crippen LogP contribution in [0.3, 0.4) is 0 Å². The minimum atomic E-state index is -0.137. The Hall–Kier alpha value is -1.45. The predicted molar refractivity (Wildman–Crippen MR) is 52.2 cm³/mol. The Balaban J connectivity index is 2.93. The number of ketones is 2. The van der Waals surface area contributed by atoms with Crippen LogP contribution in [0.25, 0.3) is 0 Å². The molecule has 0 N–H and O–H groups in total. The summed E-state index contributed by atoms with van der Waals surface area (Å²) < 4.78 is 1.60. The highest BCUT2D eigenvalue weighted by Crippen LogP contribution is 2.10. The normalized spacial score (nSPS) is 10.2. The standard InChI is InChI=1S/C10H14N2O2/c1-4-9-8(6-12(3)11-9)10(14)5-7(2)13/h6H,4-5H2,1-3H3. The fraction of sp³-hybridized carbons (Fsp3) is 0.500. The van der Waals surface area contributed by atoms with E-state index < -0.39 is 0 Å². The van der Waals surface area contributed by atoms with Gasteiger partial charge in [-0.25, -0.2) is 0 Å². The Bertz CT molecular complexity index is 366. The van der Waals surface area contributed by atoms with Crippen LogP contribution in [0.15, 0.2) is 6.20 Å². The number of Topliss-reactive ketones (excluding diaryl/α,β-unsaturated/α-hetero) is 2. The number of carbonyl (C=O) groups excluding carboxylic acids is 2. The van der Waals surface area contributed by atoms with Crippen molar-refractivity contribution in [2.75, 3.05) is 0 Å². The fourth-order valence-corrected chi connectivity index (χ4v) is 1.35. The molecule has 1 rings (SSSR count). The summed E-state index contributed by atoms with van der Waals surface area (Å²) in [7, 11) is 1.77. The Kier molecular flexibility index (Phi) is 3.17. The summed E-state index contributed by atoms with van der Waals surface area (Å²) in [6.07, 6.45) is 2.35. The molecule has 0 amide bonds. The second-order valence-corrected chi connectivity index (χ2v) is 3.32. The third-order valence-electron chi connectivity index (χ3n) is 1.95. The molecule has 1 aromatic rings. The highest BCUT2D eigenvalue weighted by atomic mass is 16.1. The van der Waals surface area contributed by atoms with Crippen molar-refractivity contribution in [3.05, 3.63) is 17.5 Å². The first-order valence-corrected chi connectivity index (χ1v) is 4.59. The van der Waals surface area contributed by atoms with Gasteiger partial charge in [-0.3, -0.25) is 14.3 Å². The molecule has 0 saturated heterocycles. The smallest absolute Gasteiger partial charge is 0.173 e. The van der Waals surface area contributed by atoms with Crippen molar-refractivity contribution in [2.45, 2.75) is 26.7 Å². The third kappa shape index (κ3) is 2.28. The van der Waals surface area contributed by atoms with E-state index in [1.54, 1.807) is 17.9 Å². The molecule has 0 spiro atoms. The van der Waals surface area contributed by atoms with Crippen molar-refractivity contribution in [3.8, 4) is 0 Å². The minimum Gasteiger partial charge on any atom is -0.300 e. The van der Waals surface area contributed by atoms with E-state index in [9.17, 15) is 9.59 Å². The van der Waals surface area contributed by atoms with Gasteiger partial charge < -0.3 is 0 Å². The van der Waals surface area contributed by atoms with Crippen LogP contribution in [-0.2, 0) is 18.3 Å². The highest BCUT2D eigenvalue weighted by Gasteiger charge is 2.15. The Morgan fingerprint density at radius 3 is 2.64 bits per heavy atom. The molecule has 14 heavy (non-hydrogen) atoms. The van der Waals surface area contributed by atoms with Gasteiger partial charge in [0, 0.05) is 13.2 Å². The number of hydrogen-bond donors (Lipinski definition) is 0. The summed E-state index contributed by atoms with van der Waals surface area (Å²) in [5, 5.41) is 4.14. The number of aromatic nitrogens is 2. The van der Waals surface area contributed by atoms with Crippen LogP contribution in [0.1, 0.15) is 36.3 Å². The summed E-state index contributed by atoms with van der Waals surface area (Å²) in [6, 6.07) is 0. The van der Waals surface area contributed by atoms with Crippen LogP contribution in [0.5, 0.6) is 0 Å². The van der Waals surface area contributed by atoms with Gasteiger partial charge in [-0.1, -0.05) is 6.92 Å². The van der Waals surface area contributed by atoms with E-state index >= 15 is 0 Å². The lowest BCUT2D eigenvalue weighted by molar-refractivity contribution is -0.116. The lowest BCUT2D eigenvalue weighted by Gasteiger charge is -1.95. The number of carbonyl (C=O) groups is 2. The van der Waals surface area contributed by atoms with Crippen LogP contribution in [0.4, 0.5) is 0 Å². The largest absolute Gasteiger partial charge is 0.300 e. The first kappa shape index (κ1) is 10.6. The molecule has 0 aliphatic carbocycles. The van der Waals surface area contributed by atoms with Crippen molar-refractivity contribution in [1.82, 2.24) is 9.78 Å². The fourth-order valence-electron chi connectivity index (χ4n) is 1.35. The monoisotopic (exact) mass is 194 g/mol. The molecular formula is C10H14N2O2. The summed E-state index contributed by atoms with van der Waals surface area (Å²) in [4.78, 5) is 22.4. The highest BCUT2D eigenvalue weighted by molar-refractivity contribution is 6.07. The maximum Gasteiger partial charge on any atom is 0.173 e. The zero-order chi connectivity index (χ0) is 10.7. The number of nitrogens with zero attached hydrogens (tertiary/aromatic N) is 2. The molecule has 0 bridgehead atoms. The van der Waals surface area contributed by atoms with Gasteiger partial charge in [0.1, 0.15) is 5.78 Å². The van der Waals surface area contributed by atoms with Gasteiger partial charge in [-0.05, 0) is 13.3 Å². The second-order valence-electron chi connectivity index (χ2n) is 3.32. The van der Waals surface area contributed by atoms with E-state index in [0.29, 0.717) is 12.0 Å². The quantitative estimate of drug-likeness (QED) is 0.533. The van der Waals surface area contributed by atoms with Crippen molar-refractivity contribution in [2.24, 2.45) is 7.05 Å². The third-order valence-corrected chi connectivity index (χ3v) is 1.95. The molecule has 0 unspecified atom stereocenters. The van der Waals surface area contributed by atoms with Crippen molar-refractivity contribution in [3.63, 3.8) is 0 Å². The van der Waals surface area contributed by atoms with E-state index in [4.69, 9.17) is 0 Å². The van der Waals surface area contributed by atoms with E-state index in [2.05, 4.69) is 5.10 Å². The van der Waals surface area contributed by atoms with Gasteiger partial charge in [0.05, 0.1) is 17.7 Å². The maximum atomic E-state index is 11.6. The molecule has 76 valence electrons. The van der Waals surface area contributed by atoms with Crippen LogP contribution in [0.2, 0.25) is 0 Å². The Morgan fingerprint density at radius 1 is 1.50 bits per heavy atom. The molecule has 4 nitrogen and oxygen atoms in total. The van der Waals surface area contributed by atoms with Crippen LogP contribution in [0, 0.1) is 0 Å². The topological polar surface area (TPSA) is 52.0 Å². The van der Waals surface area contributed by atoms with Crippen LogP contribution >= 0.6 is 0 Å². The van der Waals surface area contributed by atoms with Gasteiger partial charge in [0.2, 0.25) is 0 Å². The summed E-state index contributed by atoms with van der Waals surface area (Å²) in [6.45, 7) is 3.35. The van der Waals surface area contributed by atoms with E-state index in [1.807, 2.05) is 6.92 Å². The molecule has 1 aromatic heterocycles. The lowest BCUT2D eigenvalue weighted by atomic mass is 10.1. The molecular weight excluding hydrogens is 180 g/mol. The number of rotatable bonds is 4. The molecule has 0 atom stereocenters. The molecule has 1 heterocycles. The van der Waals surface area contributed by atoms with Gasteiger partial charge >= 0.3 is 0 Å². The number of hydrogen-bond acceptors (Lipinski definition) is 3. The first-order chi connectivity index (χ1) is 6.54.